The number of amides is 2. The third-order valence-electron chi connectivity index (χ3n) is 2.96. The highest BCUT2D eigenvalue weighted by molar-refractivity contribution is 9.10. The van der Waals surface area contributed by atoms with Gasteiger partial charge in [0.2, 0.25) is 5.91 Å². The van der Waals surface area contributed by atoms with Crippen molar-refractivity contribution in [2.75, 3.05) is 5.32 Å². The number of carbonyl (C=O) groups excluding carboxylic acids is 2. The summed E-state index contributed by atoms with van der Waals surface area (Å²) in [7, 11) is 0. The fourth-order valence-corrected chi connectivity index (χ4v) is 2.83. The van der Waals surface area contributed by atoms with Gasteiger partial charge in [0.25, 0.3) is 5.91 Å². The first kappa shape index (κ1) is 14.3. The Labute approximate surface area is 125 Å². The van der Waals surface area contributed by atoms with E-state index < -0.39 is 6.04 Å². The van der Waals surface area contributed by atoms with E-state index in [4.69, 9.17) is 11.6 Å². The fraction of sp³-hybridized carbons (Fsp3) is 0.385. The van der Waals surface area contributed by atoms with Gasteiger partial charge >= 0.3 is 0 Å². The van der Waals surface area contributed by atoms with E-state index in [0.717, 1.165) is 4.47 Å². The van der Waals surface area contributed by atoms with Gasteiger partial charge in [-0.05, 0) is 32.0 Å². The number of rotatable bonds is 3. The maximum absolute atomic E-state index is 12.1. The van der Waals surface area contributed by atoms with Crippen LogP contribution in [0.25, 0.3) is 0 Å². The van der Waals surface area contributed by atoms with Crippen LogP contribution in [0.15, 0.2) is 22.7 Å². The lowest BCUT2D eigenvalue weighted by Gasteiger charge is -2.19. The molecule has 0 aliphatic carbocycles. The number of nitrogens with one attached hydrogen (secondary N) is 1. The molecule has 102 valence electrons. The second-order valence-electron chi connectivity index (χ2n) is 4.72. The van der Waals surface area contributed by atoms with E-state index in [9.17, 15) is 9.59 Å². The molecule has 6 heteroatoms. The number of anilines is 1. The normalized spacial score (nSPS) is 19.4. The van der Waals surface area contributed by atoms with E-state index in [1.54, 1.807) is 12.1 Å². The van der Waals surface area contributed by atoms with E-state index in [1.807, 2.05) is 19.9 Å². The molecular formula is C13H14BrClN2O2. The molecule has 1 heterocycles. The van der Waals surface area contributed by atoms with Crippen molar-refractivity contribution in [2.24, 2.45) is 0 Å². The van der Waals surface area contributed by atoms with Crippen molar-refractivity contribution in [3.05, 3.63) is 27.7 Å². The number of likely N-dealkylation sites (tertiary alicyclic amines) is 1. The average molecular weight is 346 g/mol. The molecule has 1 aliphatic rings. The molecule has 0 radical (unpaired) electrons. The van der Waals surface area contributed by atoms with Gasteiger partial charge < -0.3 is 5.32 Å². The molecule has 1 aromatic rings. The number of nitrogens with zero attached hydrogens (tertiary/aromatic N) is 1. The van der Waals surface area contributed by atoms with Crippen LogP contribution in [0.3, 0.4) is 0 Å². The minimum Gasteiger partial charge on any atom is -0.372 e. The van der Waals surface area contributed by atoms with Crippen molar-refractivity contribution < 1.29 is 9.59 Å². The quantitative estimate of drug-likeness (QED) is 0.857. The monoisotopic (exact) mass is 344 g/mol. The van der Waals surface area contributed by atoms with Crippen LogP contribution in [-0.4, -0.2) is 28.8 Å². The zero-order valence-electron chi connectivity index (χ0n) is 10.6. The van der Waals surface area contributed by atoms with Gasteiger partial charge in [-0.2, -0.15) is 0 Å². The minimum atomic E-state index is -0.534. The largest absolute Gasteiger partial charge is 0.372 e. The summed E-state index contributed by atoms with van der Waals surface area (Å²) >= 11 is 9.41. The van der Waals surface area contributed by atoms with Crippen LogP contribution in [0.1, 0.15) is 20.3 Å². The Hall–Kier alpha value is -1.07. The van der Waals surface area contributed by atoms with Gasteiger partial charge in [-0.3, -0.25) is 14.5 Å². The number of hydrogen-bond donors (Lipinski definition) is 1. The minimum absolute atomic E-state index is 0.118. The second-order valence-corrected chi connectivity index (χ2v) is 6.04. The third-order valence-corrected chi connectivity index (χ3v) is 3.77. The summed E-state index contributed by atoms with van der Waals surface area (Å²) in [6.45, 7) is 3.65. The smallest absolute Gasteiger partial charge is 0.252 e. The van der Waals surface area contributed by atoms with Gasteiger partial charge in [0.05, 0.1) is 17.1 Å². The van der Waals surface area contributed by atoms with Crippen molar-refractivity contribution in [1.29, 1.82) is 0 Å². The molecular weight excluding hydrogens is 332 g/mol. The van der Waals surface area contributed by atoms with Crippen molar-refractivity contribution in [2.45, 2.75) is 32.4 Å². The number of imide groups is 1. The summed E-state index contributed by atoms with van der Waals surface area (Å²) in [4.78, 5) is 25.2. The van der Waals surface area contributed by atoms with E-state index in [0.29, 0.717) is 10.7 Å². The molecule has 0 spiro atoms. The molecule has 4 nitrogen and oxygen atoms in total. The molecule has 2 rings (SSSR count). The SMILES string of the molecule is CC(C)N1C(=O)CC(Nc2ccc(Br)cc2Cl)C1=O. The van der Waals surface area contributed by atoms with Crippen LogP contribution in [0.4, 0.5) is 5.69 Å². The van der Waals surface area contributed by atoms with E-state index in [-0.39, 0.29) is 24.3 Å². The third kappa shape index (κ3) is 2.92. The fourth-order valence-electron chi connectivity index (χ4n) is 2.10. The number of benzene rings is 1. The van der Waals surface area contributed by atoms with Gasteiger partial charge in [-0.1, -0.05) is 27.5 Å². The first-order valence-corrected chi connectivity index (χ1v) is 7.14. The van der Waals surface area contributed by atoms with Gasteiger partial charge in [0.15, 0.2) is 0 Å². The summed E-state index contributed by atoms with van der Waals surface area (Å²) < 4.78 is 0.862. The first-order chi connectivity index (χ1) is 8.90. The highest BCUT2D eigenvalue weighted by Crippen LogP contribution is 2.28. The van der Waals surface area contributed by atoms with Crippen molar-refractivity contribution >= 4 is 45.0 Å². The molecule has 1 saturated heterocycles. The molecule has 1 aromatic carbocycles. The summed E-state index contributed by atoms with van der Waals surface area (Å²) in [6.07, 6.45) is 0.170. The van der Waals surface area contributed by atoms with Crippen LogP contribution in [-0.2, 0) is 9.59 Å². The van der Waals surface area contributed by atoms with Crippen molar-refractivity contribution in [3.63, 3.8) is 0 Å². The highest BCUT2D eigenvalue weighted by atomic mass is 79.9. The molecule has 1 N–H and O–H groups in total. The predicted octanol–water partition coefficient (Wildman–Crippen LogP) is 3.05. The van der Waals surface area contributed by atoms with E-state index in [1.165, 1.54) is 4.90 Å². The topological polar surface area (TPSA) is 49.4 Å². The molecule has 1 unspecified atom stereocenters. The van der Waals surface area contributed by atoms with Crippen LogP contribution < -0.4 is 5.32 Å². The van der Waals surface area contributed by atoms with Gasteiger partial charge in [-0.25, -0.2) is 0 Å². The Morgan fingerprint density at radius 1 is 1.42 bits per heavy atom. The van der Waals surface area contributed by atoms with Gasteiger partial charge in [0.1, 0.15) is 6.04 Å². The second kappa shape index (κ2) is 5.51. The van der Waals surface area contributed by atoms with Crippen LogP contribution in [0, 0.1) is 0 Å². The zero-order chi connectivity index (χ0) is 14.2. The summed E-state index contributed by atoms with van der Waals surface area (Å²) in [5, 5.41) is 3.55. The highest BCUT2D eigenvalue weighted by Gasteiger charge is 2.39. The molecule has 1 fully saturated rings. The van der Waals surface area contributed by atoms with Crippen LogP contribution in [0.2, 0.25) is 5.02 Å². The molecule has 0 saturated carbocycles. The van der Waals surface area contributed by atoms with Crippen molar-refractivity contribution in [1.82, 2.24) is 4.90 Å². The van der Waals surface area contributed by atoms with E-state index in [2.05, 4.69) is 21.2 Å². The Morgan fingerprint density at radius 3 is 2.63 bits per heavy atom. The Balaban J connectivity index is 2.16. The Kier molecular flexibility index (Phi) is 4.16. The molecule has 19 heavy (non-hydrogen) atoms. The molecule has 1 aliphatic heterocycles. The lowest BCUT2D eigenvalue weighted by molar-refractivity contribution is -0.140. The Bertz CT molecular complexity index is 533. The van der Waals surface area contributed by atoms with Gasteiger partial charge in [0, 0.05) is 10.5 Å². The van der Waals surface area contributed by atoms with E-state index >= 15 is 0 Å². The summed E-state index contributed by atoms with van der Waals surface area (Å²) in [5.74, 6) is -0.343. The number of carbonyl (C=O) groups is 2. The summed E-state index contributed by atoms with van der Waals surface area (Å²) in [6, 6.07) is 4.70. The predicted molar refractivity (Wildman–Crippen MR) is 78.2 cm³/mol. The number of halogens is 2. The Morgan fingerprint density at radius 2 is 2.11 bits per heavy atom. The van der Waals surface area contributed by atoms with Crippen molar-refractivity contribution in [3.8, 4) is 0 Å². The maximum atomic E-state index is 12.1. The lowest BCUT2D eigenvalue weighted by atomic mass is 10.2. The van der Waals surface area contributed by atoms with Gasteiger partial charge in [-0.15, -0.1) is 0 Å². The molecule has 1 atom stereocenters. The number of hydrogen-bond acceptors (Lipinski definition) is 3. The first-order valence-electron chi connectivity index (χ1n) is 5.97. The summed E-state index contributed by atoms with van der Waals surface area (Å²) in [5.41, 5.74) is 0.654. The molecule has 0 aromatic heterocycles. The molecule has 2 amide bonds. The lowest BCUT2D eigenvalue weighted by Crippen LogP contribution is -2.39. The average Bonchev–Trinajstić information content (AvgIpc) is 2.58. The maximum Gasteiger partial charge on any atom is 0.252 e. The van der Waals surface area contributed by atoms with Crippen LogP contribution >= 0.6 is 27.5 Å². The molecule has 0 bridgehead atoms. The standard InChI is InChI=1S/C13H14BrClN2O2/c1-7(2)17-12(18)6-11(13(17)19)16-10-4-3-8(14)5-9(10)15/h3-5,7,11,16H,6H2,1-2H3. The van der Waals surface area contributed by atoms with Crippen LogP contribution in [0.5, 0.6) is 0 Å². The zero-order valence-corrected chi connectivity index (χ0v) is 13.0.